The van der Waals surface area contributed by atoms with Crippen molar-refractivity contribution in [1.29, 1.82) is 0 Å². The largest absolute Gasteiger partial charge is 0.348 e. The maximum Gasteiger partial charge on any atom is 0.205 e. The quantitative estimate of drug-likeness (QED) is 0.290. The van der Waals surface area contributed by atoms with Crippen LogP contribution in [0.25, 0.3) is 0 Å². The molecule has 0 spiro atoms. The molecule has 0 radical (unpaired) electrons. The molecule has 1 aromatic rings. The standard InChI is InChI=1S/C10H16N4S/c1-12-10(14-11)13-8-3-2-4-9-7(8)5-6-15-9/h5-6,8H,2-4,11H2,1H3,(H2,12,13,14). The summed E-state index contributed by atoms with van der Waals surface area (Å²) in [5.74, 6) is 6.01. The highest BCUT2D eigenvalue weighted by Gasteiger charge is 2.21. The number of hydrogen-bond acceptors (Lipinski definition) is 3. The van der Waals surface area contributed by atoms with Gasteiger partial charge in [0.2, 0.25) is 5.96 Å². The van der Waals surface area contributed by atoms with Crippen molar-refractivity contribution in [2.24, 2.45) is 10.8 Å². The van der Waals surface area contributed by atoms with Crippen LogP contribution in [0.15, 0.2) is 16.4 Å². The summed E-state index contributed by atoms with van der Waals surface area (Å²) in [6.07, 6.45) is 3.58. The van der Waals surface area contributed by atoms with Crippen molar-refractivity contribution in [1.82, 2.24) is 10.7 Å². The average Bonchev–Trinajstić information content (AvgIpc) is 2.74. The zero-order chi connectivity index (χ0) is 10.7. The Morgan fingerprint density at radius 2 is 2.53 bits per heavy atom. The molecule has 4 nitrogen and oxygen atoms in total. The number of fused-ring (bicyclic) bond motifs is 1. The molecule has 1 heterocycles. The first-order valence-corrected chi connectivity index (χ1v) is 5.99. The van der Waals surface area contributed by atoms with E-state index in [-0.39, 0.29) is 0 Å². The fourth-order valence-corrected chi connectivity index (χ4v) is 2.96. The lowest BCUT2D eigenvalue weighted by molar-refractivity contribution is 0.526. The molecule has 0 saturated carbocycles. The predicted molar refractivity (Wildman–Crippen MR) is 63.8 cm³/mol. The van der Waals surface area contributed by atoms with Crippen LogP contribution in [0.5, 0.6) is 0 Å². The van der Waals surface area contributed by atoms with E-state index >= 15 is 0 Å². The van der Waals surface area contributed by atoms with E-state index in [1.807, 2.05) is 11.3 Å². The van der Waals surface area contributed by atoms with Gasteiger partial charge in [0.05, 0.1) is 6.04 Å². The lowest BCUT2D eigenvalue weighted by Gasteiger charge is -2.24. The van der Waals surface area contributed by atoms with Crippen LogP contribution in [0.1, 0.15) is 29.3 Å². The minimum atomic E-state index is 0.356. The van der Waals surface area contributed by atoms with Crippen LogP contribution in [0, 0.1) is 0 Å². The van der Waals surface area contributed by atoms with Crippen LogP contribution in [-0.2, 0) is 6.42 Å². The molecule has 0 amide bonds. The van der Waals surface area contributed by atoms with Gasteiger partial charge in [0.15, 0.2) is 0 Å². The number of nitrogens with one attached hydrogen (secondary N) is 2. The van der Waals surface area contributed by atoms with Crippen molar-refractivity contribution in [3.05, 3.63) is 21.9 Å². The molecule has 2 rings (SSSR count). The Bertz CT molecular complexity index is 358. The van der Waals surface area contributed by atoms with Gasteiger partial charge in [-0.25, -0.2) is 5.84 Å². The van der Waals surface area contributed by atoms with Crippen LogP contribution in [-0.4, -0.2) is 13.0 Å². The van der Waals surface area contributed by atoms with Gasteiger partial charge in [-0.2, -0.15) is 0 Å². The molecular weight excluding hydrogens is 208 g/mol. The lowest BCUT2D eigenvalue weighted by atomic mass is 9.94. The van der Waals surface area contributed by atoms with Gasteiger partial charge in [0.25, 0.3) is 0 Å². The first-order chi connectivity index (χ1) is 7.35. The van der Waals surface area contributed by atoms with Crippen LogP contribution < -0.4 is 16.6 Å². The van der Waals surface area contributed by atoms with Gasteiger partial charge in [-0.15, -0.1) is 11.3 Å². The van der Waals surface area contributed by atoms with Crippen LogP contribution in [0.3, 0.4) is 0 Å². The second-order valence-electron chi connectivity index (χ2n) is 3.60. The molecule has 82 valence electrons. The minimum absolute atomic E-state index is 0.356. The topological polar surface area (TPSA) is 62.4 Å². The third kappa shape index (κ3) is 2.13. The fourth-order valence-electron chi connectivity index (χ4n) is 1.97. The molecule has 0 fully saturated rings. The summed E-state index contributed by atoms with van der Waals surface area (Å²) in [4.78, 5) is 5.52. The highest BCUT2D eigenvalue weighted by Crippen LogP contribution is 2.32. The number of nitrogens with two attached hydrogens (primary N) is 1. The van der Waals surface area contributed by atoms with E-state index in [4.69, 9.17) is 5.84 Å². The summed E-state index contributed by atoms with van der Waals surface area (Å²) in [7, 11) is 1.72. The molecule has 15 heavy (non-hydrogen) atoms. The van der Waals surface area contributed by atoms with Crippen molar-refractivity contribution >= 4 is 17.3 Å². The number of aliphatic imine (C=N–C) groups is 1. The van der Waals surface area contributed by atoms with Gasteiger partial charge in [0, 0.05) is 11.9 Å². The van der Waals surface area contributed by atoms with Crippen LogP contribution >= 0.6 is 11.3 Å². The van der Waals surface area contributed by atoms with Gasteiger partial charge in [-0.05, 0) is 36.3 Å². The Hall–Kier alpha value is -1.07. The molecule has 1 unspecified atom stereocenters. The summed E-state index contributed by atoms with van der Waals surface area (Å²) in [6.45, 7) is 0. The molecule has 1 aliphatic rings. The number of guanidine groups is 1. The highest BCUT2D eigenvalue weighted by molar-refractivity contribution is 7.10. The summed E-state index contributed by atoms with van der Waals surface area (Å²) in [5, 5.41) is 5.47. The summed E-state index contributed by atoms with van der Waals surface area (Å²) in [6, 6.07) is 2.55. The maximum atomic E-state index is 5.36. The van der Waals surface area contributed by atoms with Crippen molar-refractivity contribution in [2.75, 3.05) is 7.05 Å². The van der Waals surface area contributed by atoms with Crippen molar-refractivity contribution in [3.63, 3.8) is 0 Å². The zero-order valence-electron chi connectivity index (χ0n) is 8.79. The van der Waals surface area contributed by atoms with Crippen LogP contribution in [0.4, 0.5) is 0 Å². The van der Waals surface area contributed by atoms with E-state index in [2.05, 4.69) is 27.2 Å². The van der Waals surface area contributed by atoms with Crippen molar-refractivity contribution < 1.29 is 0 Å². The number of hydrogen-bond donors (Lipinski definition) is 3. The van der Waals surface area contributed by atoms with E-state index in [9.17, 15) is 0 Å². The molecule has 1 aromatic heterocycles. The van der Waals surface area contributed by atoms with Crippen LogP contribution in [0.2, 0.25) is 0 Å². The Kier molecular flexibility index (Phi) is 3.23. The Balaban J connectivity index is 2.13. The second-order valence-corrected chi connectivity index (χ2v) is 4.61. The lowest BCUT2D eigenvalue weighted by Crippen LogP contribution is -2.43. The number of rotatable bonds is 1. The van der Waals surface area contributed by atoms with E-state index in [0.29, 0.717) is 12.0 Å². The predicted octanol–water partition coefficient (Wildman–Crippen LogP) is 1.16. The number of aryl methyl sites for hydroxylation is 1. The third-order valence-electron chi connectivity index (χ3n) is 2.72. The first kappa shape index (κ1) is 10.4. The Morgan fingerprint density at radius 1 is 1.67 bits per heavy atom. The van der Waals surface area contributed by atoms with E-state index in [1.165, 1.54) is 23.3 Å². The monoisotopic (exact) mass is 224 g/mol. The number of nitrogens with zero attached hydrogens (tertiary/aromatic N) is 1. The van der Waals surface area contributed by atoms with Crippen molar-refractivity contribution in [2.45, 2.75) is 25.3 Å². The summed E-state index contributed by atoms with van der Waals surface area (Å²) < 4.78 is 0. The molecule has 0 saturated heterocycles. The van der Waals surface area contributed by atoms with E-state index in [0.717, 1.165) is 6.42 Å². The highest BCUT2D eigenvalue weighted by atomic mass is 32.1. The molecule has 1 atom stereocenters. The average molecular weight is 224 g/mol. The Labute approximate surface area is 93.6 Å². The summed E-state index contributed by atoms with van der Waals surface area (Å²) >= 11 is 1.84. The third-order valence-corrected chi connectivity index (χ3v) is 3.72. The maximum absolute atomic E-state index is 5.36. The van der Waals surface area contributed by atoms with Gasteiger partial charge < -0.3 is 5.32 Å². The smallest absolute Gasteiger partial charge is 0.205 e. The minimum Gasteiger partial charge on any atom is -0.348 e. The molecular formula is C10H16N4S. The van der Waals surface area contributed by atoms with E-state index < -0.39 is 0 Å². The molecule has 5 heteroatoms. The van der Waals surface area contributed by atoms with Gasteiger partial charge in [-0.3, -0.25) is 10.4 Å². The number of hydrazine groups is 1. The normalized spacial score (nSPS) is 20.9. The summed E-state index contributed by atoms with van der Waals surface area (Å²) in [5.41, 5.74) is 3.97. The molecule has 4 N–H and O–H groups in total. The molecule has 0 aliphatic heterocycles. The Morgan fingerprint density at radius 3 is 3.27 bits per heavy atom. The second kappa shape index (κ2) is 4.63. The number of thiophene rings is 1. The first-order valence-electron chi connectivity index (χ1n) is 5.11. The van der Waals surface area contributed by atoms with Crippen molar-refractivity contribution in [3.8, 4) is 0 Å². The van der Waals surface area contributed by atoms with Gasteiger partial charge >= 0.3 is 0 Å². The zero-order valence-corrected chi connectivity index (χ0v) is 9.60. The molecule has 1 aliphatic carbocycles. The van der Waals surface area contributed by atoms with E-state index in [1.54, 1.807) is 7.05 Å². The SMILES string of the molecule is CN=C(NN)NC1CCCc2sccc21. The van der Waals surface area contributed by atoms with Gasteiger partial charge in [-0.1, -0.05) is 0 Å². The molecule has 0 aromatic carbocycles. The fraction of sp³-hybridized carbons (Fsp3) is 0.500. The molecule has 0 bridgehead atoms. The van der Waals surface area contributed by atoms with Gasteiger partial charge in [0.1, 0.15) is 0 Å².